The Morgan fingerprint density at radius 2 is 1.59 bits per heavy atom. The molecule has 1 aliphatic carbocycles. The molecule has 0 radical (unpaired) electrons. The molecule has 0 unspecified atom stereocenters. The molecule has 2 aromatic rings. The topological polar surface area (TPSA) is 75.3 Å². The summed E-state index contributed by atoms with van der Waals surface area (Å²) in [4.78, 5) is 12.9. The van der Waals surface area contributed by atoms with Crippen molar-refractivity contribution in [1.29, 1.82) is 0 Å². The van der Waals surface area contributed by atoms with Gasteiger partial charge >= 0.3 is 0 Å². The van der Waals surface area contributed by atoms with E-state index in [2.05, 4.69) is 23.9 Å². The van der Waals surface area contributed by atoms with Gasteiger partial charge in [0.1, 0.15) is 0 Å². The lowest BCUT2D eigenvalue weighted by molar-refractivity contribution is -0.123. The van der Waals surface area contributed by atoms with Crippen LogP contribution in [0.1, 0.15) is 48.9 Å². The molecule has 0 aromatic heterocycles. The number of anilines is 1. The smallest absolute Gasteiger partial charge is 0.262 e. The average molecular weight is 415 g/mol. The fraction of sp³-hybridized carbons (Fsp3) is 0.435. The molecule has 0 aliphatic heterocycles. The molecule has 6 heteroatoms. The van der Waals surface area contributed by atoms with E-state index in [1.165, 1.54) is 0 Å². The lowest BCUT2D eigenvalue weighted by Gasteiger charge is -2.18. The van der Waals surface area contributed by atoms with Crippen molar-refractivity contribution in [2.45, 2.75) is 57.8 Å². The molecule has 0 atom stereocenters. The van der Waals surface area contributed by atoms with Gasteiger partial charge in [-0.15, -0.1) is 0 Å². The third kappa shape index (κ3) is 4.47. The van der Waals surface area contributed by atoms with Crippen LogP contribution >= 0.6 is 0 Å². The Hall–Kier alpha value is -2.34. The molecule has 0 saturated heterocycles. The summed E-state index contributed by atoms with van der Waals surface area (Å²) >= 11 is 0. The van der Waals surface area contributed by atoms with Crippen molar-refractivity contribution in [2.24, 2.45) is 5.92 Å². The highest BCUT2D eigenvalue weighted by atomic mass is 32.2. The van der Waals surface area contributed by atoms with E-state index in [0.717, 1.165) is 35.1 Å². The van der Waals surface area contributed by atoms with Crippen molar-refractivity contribution in [3.63, 3.8) is 0 Å². The van der Waals surface area contributed by atoms with E-state index >= 15 is 0 Å². The molecule has 1 aliphatic rings. The van der Waals surface area contributed by atoms with Gasteiger partial charge in [0, 0.05) is 12.2 Å². The van der Waals surface area contributed by atoms with E-state index in [1.807, 2.05) is 45.0 Å². The summed E-state index contributed by atoms with van der Waals surface area (Å²) < 4.78 is 28.5. The van der Waals surface area contributed by atoms with E-state index in [1.54, 1.807) is 12.1 Å². The van der Waals surface area contributed by atoms with Crippen LogP contribution in [0.4, 0.5) is 5.69 Å². The molecule has 1 fully saturated rings. The van der Waals surface area contributed by atoms with Gasteiger partial charge in [-0.2, -0.15) is 0 Å². The van der Waals surface area contributed by atoms with E-state index in [9.17, 15) is 13.2 Å². The molecule has 0 spiro atoms. The molecule has 1 saturated carbocycles. The number of amides is 1. The molecule has 5 nitrogen and oxygen atoms in total. The van der Waals surface area contributed by atoms with Crippen molar-refractivity contribution in [2.75, 3.05) is 11.3 Å². The highest BCUT2D eigenvalue weighted by molar-refractivity contribution is 7.92. The van der Waals surface area contributed by atoms with Crippen LogP contribution in [-0.4, -0.2) is 20.9 Å². The molecule has 156 valence electrons. The number of hydrogen-bond donors (Lipinski definition) is 2. The van der Waals surface area contributed by atoms with Crippen LogP contribution in [0.3, 0.4) is 0 Å². The van der Waals surface area contributed by atoms with Gasteiger partial charge in [0.15, 0.2) is 0 Å². The van der Waals surface area contributed by atoms with Gasteiger partial charge in [0.2, 0.25) is 5.91 Å². The zero-order chi connectivity index (χ0) is 21.4. The first-order valence-electron chi connectivity index (χ1n) is 10.0. The number of carbonyl (C=O) groups excluding carboxylic acids is 1. The average Bonchev–Trinajstić information content (AvgIpc) is 3.40. The fourth-order valence-corrected chi connectivity index (χ4v) is 5.41. The van der Waals surface area contributed by atoms with Gasteiger partial charge in [0.25, 0.3) is 10.0 Å². The fourth-order valence-electron chi connectivity index (χ4n) is 3.89. The third-order valence-corrected chi connectivity index (χ3v) is 7.10. The van der Waals surface area contributed by atoms with Gasteiger partial charge in [-0.1, -0.05) is 43.7 Å². The first-order valence-corrected chi connectivity index (χ1v) is 11.5. The van der Waals surface area contributed by atoms with E-state index in [-0.39, 0.29) is 5.91 Å². The van der Waals surface area contributed by atoms with Gasteiger partial charge < -0.3 is 5.32 Å². The van der Waals surface area contributed by atoms with Crippen molar-refractivity contribution in [3.05, 3.63) is 58.7 Å². The summed E-state index contributed by atoms with van der Waals surface area (Å²) in [5, 5.41) is 3.02. The first kappa shape index (κ1) is 21.4. The van der Waals surface area contributed by atoms with E-state index < -0.39 is 15.4 Å². The predicted octanol–water partition coefficient (Wildman–Crippen LogP) is 4.22. The van der Waals surface area contributed by atoms with E-state index in [4.69, 9.17) is 0 Å². The molecule has 29 heavy (non-hydrogen) atoms. The van der Waals surface area contributed by atoms with E-state index in [0.29, 0.717) is 23.0 Å². The highest BCUT2D eigenvalue weighted by Gasteiger charge is 2.51. The Labute approximate surface area is 174 Å². The minimum Gasteiger partial charge on any atom is -0.355 e. The van der Waals surface area contributed by atoms with Gasteiger partial charge in [-0.05, 0) is 68.4 Å². The molecule has 0 heterocycles. The first-order chi connectivity index (χ1) is 13.5. The lowest BCUT2D eigenvalue weighted by atomic mass is 9.94. The third-order valence-electron chi connectivity index (χ3n) is 5.42. The number of hydrogen-bond acceptors (Lipinski definition) is 3. The summed E-state index contributed by atoms with van der Waals surface area (Å²) in [5.74, 6) is 0.464. The van der Waals surface area contributed by atoms with Crippen LogP contribution in [0.25, 0.3) is 0 Å². The Bertz CT molecular complexity index is 998. The zero-order valence-electron chi connectivity index (χ0n) is 17.8. The highest BCUT2D eigenvalue weighted by Crippen LogP contribution is 2.48. The summed E-state index contributed by atoms with van der Waals surface area (Å²) in [7, 11) is -3.69. The maximum absolute atomic E-state index is 12.9. The number of carbonyl (C=O) groups is 1. The Morgan fingerprint density at radius 1 is 1.03 bits per heavy atom. The SMILES string of the molecule is Cc1cc(C)c(S(=O)(=O)Nc2ccc(C3(C(=O)NCC(C)C)CC3)cc2)c(C)c1. The van der Waals surface area contributed by atoms with Crippen LogP contribution in [0.5, 0.6) is 0 Å². The van der Waals surface area contributed by atoms with Crippen molar-refractivity contribution < 1.29 is 13.2 Å². The van der Waals surface area contributed by atoms with Crippen LogP contribution in [0, 0.1) is 26.7 Å². The maximum atomic E-state index is 12.9. The molecule has 0 bridgehead atoms. The molecule has 3 rings (SSSR count). The van der Waals surface area contributed by atoms with Crippen molar-refractivity contribution in [3.8, 4) is 0 Å². The van der Waals surface area contributed by atoms with Crippen molar-refractivity contribution >= 4 is 21.6 Å². The largest absolute Gasteiger partial charge is 0.355 e. The maximum Gasteiger partial charge on any atom is 0.262 e. The molecule has 2 N–H and O–H groups in total. The standard InChI is InChI=1S/C23H30N2O3S/c1-15(2)14-24-22(26)23(10-11-23)19-6-8-20(9-7-19)25-29(27,28)21-17(4)12-16(3)13-18(21)5/h6-9,12-13,15,25H,10-11,14H2,1-5H3,(H,24,26). The monoisotopic (exact) mass is 414 g/mol. The van der Waals surface area contributed by atoms with Crippen molar-refractivity contribution in [1.82, 2.24) is 5.32 Å². The predicted molar refractivity (Wildman–Crippen MR) is 117 cm³/mol. The normalized spacial score (nSPS) is 15.2. The van der Waals surface area contributed by atoms with Gasteiger partial charge in [-0.25, -0.2) is 8.42 Å². The molecular weight excluding hydrogens is 384 g/mol. The number of nitrogens with one attached hydrogen (secondary N) is 2. The Morgan fingerprint density at radius 3 is 2.07 bits per heavy atom. The number of rotatable bonds is 7. The van der Waals surface area contributed by atoms with Crippen LogP contribution in [0.2, 0.25) is 0 Å². The number of aryl methyl sites for hydroxylation is 3. The molecule has 2 aromatic carbocycles. The molecule has 1 amide bonds. The molecular formula is C23H30N2O3S. The second kappa shape index (κ2) is 7.82. The van der Waals surface area contributed by atoms with Gasteiger partial charge in [0.05, 0.1) is 10.3 Å². The van der Waals surface area contributed by atoms with Crippen LogP contribution in [0.15, 0.2) is 41.3 Å². The minimum absolute atomic E-state index is 0.0606. The van der Waals surface area contributed by atoms with Gasteiger partial charge in [-0.3, -0.25) is 9.52 Å². The quantitative estimate of drug-likeness (QED) is 0.712. The summed E-state index contributed by atoms with van der Waals surface area (Å²) in [6, 6.07) is 10.9. The summed E-state index contributed by atoms with van der Waals surface area (Å²) in [5.41, 5.74) is 3.46. The minimum atomic E-state index is -3.69. The zero-order valence-corrected chi connectivity index (χ0v) is 18.6. The second-order valence-electron chi connectivity index (χ2n) is 8.60. The number of benzene rings is 2. The number of sulfonamides is 1. The lowest BCUT2D eigenvalue weighted by Crippen LogP contribution is -2.36. The Kier molecular flexibility index (Phi) is 5.77. The second-order valence-corrected chi connectivity index (χ2v) is 10.2. The van der Waals surface area contributed by atoms with Crippen LogP contribution in [-0.2, 0) is 20.2 Å². The summed E-state index contributed by atoms with van der Waals surface area (Å²) in [6.45, 7) is 10.4. The van der Waals surface area contributed by atoms with Crippen LogP contribution < -0.4 is 10.0 Å². The summed E-state index contributed by atoms with van der Waals surface area (Å²) in [6.07, 6.45) is 1.65. The Balaban J connectivity index is 1.79.